The second kappa shape index (κ2) is 4.43. The molecule has 7 nitrogen and oxygen atoms in total. The van der Waals surface area contributed by atoms with Gasteiger partial charge in [-0.2, -0.15) is 10.4 Å². The Morgan fingerprint density at radius 1 is 1.35 bits per heavy atom. The van der Waals surface area contributed by atoms with Crippen LogP contribution in [-0.4, -0.2) is 22.0 Å². The molecule has 0 fully saturated rings. The maximum Gasteiger partial charge on any atom is 0.244 e. The second-order valence-corrected chi connectivity index (χ2v) is 6.49. The Morgan fingerprint density at radius 2 is 2.13 bits per heavy atom. The Bertz CT molecular complexity index is 928. The van der Waals surface area contributed by atoms with Gasteiger partial charge in [0.2, 0.25) is 11.8 Å². The Hall–Kier alpha value is -2.66. The van der Waals surface area contributed by atoms with Crippen molar-refractivity contribution in [2.24, 2.45) is 5.92 Å². The first-order chi connectivity index (χ1) is 11.0. The minimum Gasteiger partial charge on any atom is -0.325 e. The van der Waals surface area contributed by atoms with Crippen molar-refractivity contribution in [1.29, 1.82) is 5.26 Å². The van der Waals surface area contributed by atoms with Crippen molar-refractivity contribution in [1.82, 2.24) is 10.2 Å². The molecule has 2 atom stereocenters. The number of aryl methyl sites for hydroxylation is 1. The number of benzene rings is 1. The predicted molar refractivity (Wildman–Crippen MR) is 84.6 cm³/mol. The molecule has 3 heterocycles. The third kappa shape index (κ3) is 1.55. The number of rotatable bonds is 0. The van der Waals surface area contributed by atoms with Crippen molar-refractivity contribution in [3.8, 4) is 6.07 Å². The van der Waals surface area contributed by atoms with Crippen LogP contribution in [0.15, 0.2) is 22.7 Å². The normalized spacial score (nSPS) is 24.7. The maximum absolute atomic E-state index is 12.9. The molecular weight excluding hydrogens is 362 g/mol. The number of nitriles is 1. The second-order valence-electron chi connectivity index (χ2n) is 5.58. The zero-order chi connectivity index (χ0) is 16.4. The third-order valence-electron chi connectivity index (χ3n) is 4.42. The average Bonchev–Trinajstić information content (AvgIpc) is 3.00. The fourth-order valence-corrected chi connectivity index (χ4v) is 3.88. The van der Waals surface area contributed by atoms with Gasteiger partial charge in [-0.05, 0) is 30.7 Å². The van der Waals surface area contributed by atoms with E-state index >= 15 is 0 Å². The van der Waals surface area contributed by atoms with E-state index in [2.05, 4.69) is 36.8 Å². The first-order valence-corrected chi connectivity index (χ1v) is 7.67. The lowest BCUT2D eigenvalue weighted by atomic mass is 9.64. The van der Waals surface area contributed by atoms with Crippen LogP contribution >= 0.6 is 15.9 Å². The number of amides is 2. The molecule has 2 aromatic rings. The number of carbonyl (C=O) groups excluding carboxylic acids is 2. The van der Waals surface area contributed by atoms with Gasteiger partial charge in [0.05, 0.1) is 6.07 Å². The number of aromatic nitrogens is 2. The van der Waals surface area contributed by atoms with Crippen LogP contribution in [0, 0.1) is 24.2 Å². The van der Waals surface area contributed by atoms with Crippen molar-refractivity contribution < 1.29 is 9.59 Å². The molecule has 0 bridgehead atoms. The van der Waals surface area contributed by atoms with E-state index in [0.717, 1.165) is 4.47 Å². The molecule has 3 N–H and O–H groups in total. The van der Waals surface area contributed by atoms with E-state index < -0.39 is 23.1 Å². The summed E-state index contributed by atoms with van der Waals surface area (Å²) in [6.07, 6.45) is 0. The number of carbonyl (C=O) groups is 2. The fourth-order valence-electron chi connectivity index (χ4n) is 3.52. The summed E-state index contributed by atoms with van der Waals surface area (Å²) in [6, 6.07) is 7.32. The van der Waals surface area contributed by atoms with Crippen molar-refractivity contribution in [3.63, 3.8) is 0 Å². The number of anilines is 2. The molecule has 4 rings (SSSR count). The SMILES string of the molecule is Cc1[nH]nc2c1[C@]1(C(=O)Nc3ccc(Br)cc31)[C@H](C#N)C(=O)N2. The fraction of sp³-hybridized carbons (Fsp3) is 0.200. The summed E-state index contributed by atoms with van der Waals surface area (Å²) < 4.78 is 0.762. The van der Waals surface area contributed by atoms with Gasteiger partial charge in [0, 0.05) is 21.4 Å². The molecule has 8 heteroatoms. The van der Waals surface area contributed by atoms with Crippen LogP contribution < -0.4 is 10.6 Å². The molecule has 1 aromatic carbocycles. The van der Waals surface area contributed by atoms with Gasteiger partial charge in [-0.25, -0.2) is 0 Å². The van der Waals surface area contributed by atoms with Crippen LogP contribution in [-0.2, 0) is 15.0 Å². The van der Waals surface area contributed by atoms with Crippen molar-refractivity contribution in [2.45, 2.75) is 12.3 Å². The van der Waals surface area contributed by atoms with E-state index in [-0.39, 0.29) is 0 Å². The van der Waals surface area contributed by atoms with Crippen LogP contribution in [0.3, 0.4) is 0 Å². The van der Waals surface area contributed by atoms with E-state index in [1.165, 1.54) is 0 Å². The summed E-state index contributed by atoms with van der Waals surface area (Å²) in [7, 11) is 0. The summed E-state index contributed by atoms with van der Waals surface area (Å²) in [6.45, 7) is 1.77. The number of hydrogen-bond donors (Lipinski definition) is 3. The van der Waals surface area contributed by atoms with Crippen molar-refractivity contribution in [3.05, 3.63) is 39.5 Å². The monoisotopic (exact) mass is 371 g/mol. The minimum atomic E-state index is -1.40. The largest absolute Gasteiger partial charge is 0.325 e. The van der Waals surface area contributed by atoms with Crippen molar-refractivity contribution in [2.75, 3.05) is 10.6 Å². The highest BCUT2D eigenvalue weighted by atomic mass is 79.9. The molecule has 1 aromatic heterocycles. The lowest BCUT2D eigenvalue weighted by Crippen LogP contribution is -2.51. The van der Waals surface area contributed by atoms with Crippen LogP contribution in [0.25, 0.3) is 0 Å². The van der Waals surface area contributed by atoms with Gasteiger partial charge < -0.3 is 10.6 Å². The molecule has 0 saturated carbocycles. The zero-order valence-electron chi connectivity index (χ0n) is 11.9. The smallest absolute Gasteiger partial charge is 0.244 e. The molecule has 0 radical (unpaired) electrons. The van der Waals surface area contributed by atoms with Crippen LogP contribution in [0.4, 0.5) is 11.5 Å². The predicted octanol–water partition coefficient (Wildman–Crippen LogP) is 1.81. The van der Waals surface area contributed by atoms with E-state index in [4.69, 9.17) is 0 Å². The van der Waals surface area contributed by atoms with Crippen LogP contribution in [0.2, 0.25) is 0 Å². The molecule has 2 aliphatic heterocycles. The number of nitrogens with zero attached hydrogens (tertiary/aromatic N) is 2. The van der Waals surface area contributed by atoms with E-state index in [1.54, 1.807) is 25.1 Å². The van der Waals surface area contributed by atoms with Gasteiger partial charge in [-0.3, -0.25) is 14.7 Å². The van der Waals surface area contributed by atoms with Crippen LogP contribution in [0.5, 0.6) is 0 Å². The Kier molecular flexibility index (Phi) is 2.69. The zero-order valence-corrected chi connectivity index (χ0v) is 13.5. The summed E-state index contributed by atoms with van der Waals surface area (Å²) >= 11 is 3.40. The Balaban J connectivity index is 2.15. The Morgan fingerprint density at radius 3 is 2.87 bits per heavy atom. The summed E-state index contributed by atoms with van der Waals surface area (Å²) in [4.78, 5) is 25.4. The molecule has 2 amide bonds. The number of halogens is 1. The molecule has 0 unspecified atom stereocenters. The number of fused-ring (bicyclic) bond motifs is 4. The topological polar surface area (TPSA) is 111 Å². The van der Waals surface area contributed by atoms with Gasteiger partial charge in [0.1, 0.15) is 11.3 Å². The van der Waals surface area contributed by atoms with Gasteiger partial charge in [-0.1, -0.05) is 15.9 Å². The number of H-pyrrole nitrogens is 1. The molecule has 1 spiro atoms. The molecule has 0 aliphatic carbocycles. The molecule has 0 saturated heterocycles. The lowest BCUT2D eigenvalue weighted by molar-refractivity contribution is -0.127. The van der Waals surface area contributed by atoms with E-state index in [9.17, 15) is 14.9 Å². The molecule has 2 aliphatic rings. The van der Waals surface area contributed by atoms with Gasteiger partial charge in [0.25, 0.3) is 0 Å². The quantitative estimate of drug-likeness (QED) is 0.655. The highest BCUT2D eigenvalue weighted by molar-refractivity contribution is 9.10. The number of hydrogen-bond acceptors (Lipinski definition) is 4. The van der Waals surface area contributed by atoms with E-state index in [1.807, 2.05) is 6.07 Å². The van der Waals surface area contributed by atoms with Gasteiger partial charge in [-0.15, -0.1) is 0 Å². The minimum absolute atomic E-state index is 0.293. The van der Waals surface area contributed by atoms with Crippen molar-refractivity contribution >= 4 is 39.2 Å². The highest BCUT2D eigenvalue weighted by Crippen LogP contribution is 2.53. The number of nitrogens with one attached hydrogen (secondary N) is 3. The lowest BCUT2D eigenvalue weighted by Gasteiger charge is -2.35. The average molecular weight is 372 g/mol. The first-order valence-electron chi connectivity index (χ1n) is 6.87. The van der Waals surface area contributed by atoms with Gasteiger partial charge >= 0.3 is 0 Å². The molecule has 23 heavy (non-hydrogen) atoms. The van der Waals surface area contributed by atoms with E-state index in [0.29, 0.717) is 28.3 Å². The summed E-state index contributed by atoms with van der Waals surface area (Å²) in [5.41, 5.74) is 0.979. The number of aromatic amines is 1. The highest BCUT2D eigenvalue weighted by Gasteiger charge is 2.61. The third-order valence-corrected chi connectivity index (χ3v) is 4.91. The summed E-state index contributed by atoms with van der Waals surface area (Å²) in [5, 5.41) is 21.9. The Labute approximate surface area is 139 Å². The first kappa shape index (κ1) is 14.0. The summed E-state index contributed by atoms with van der Waals surface area (Å²) in [5.74, 6) is -1.81. The molecular formula is C15H10BrN5O2. The molecule has 114 valence electrons. The standard InChI is InChI=1S/C15H10BrN5O2/c1-6-11-12(21-20-6)19-13(22)9(5-17)15(11)8-4-7(16)2-3-10(8)18-14(15)23/h2-4,9H,1H3,(H,18,23)(H2,19,20,21,22)/t9-,15-/m1/s1. The van der Waals surface area contributed by atoms with Gasteiger partial charge in [0.15, 0.2) is 5.82 Å². The van der Waals surface area contributed by atoms with Crippen LogP contribution in [0.1, 0.15) is 16.8 Å². The maximum atomic E-state index is 12.9.